The van der Waals surface area contributed by atoms with Crippen molar-refractivity contribution in [2.24, 2.45) is 0 Å². The number of unbranched alkanes of at least 4 members (excludes halogenated alkanes) is 9. The molecule has 0 aliphatic rings. The molecular weight excluding hydrogens is 396 g/mol. The Hall–Kier alpha value is -1.68. The molecule has 0 spiro atoms. The van der Waals surface area contributed by atoms with Crippen molar-refractivity contribution in [2.45, 2.75) is 77.6 Å². The fourth-order valence-corrected chi connectivity index (χ4v) is 7.13. The molecule has 2 rings (SSSR count). The molecule has 0 atom stereocenters. The summed E-state index contributed by atoms with van der Waals surface area (Å²) in [6.07, 6.45) is 16.0. The molecule has 2 aromatic rings. The summed E-state index contributed by atoms with van der Waals surface area (Å²) in [5, 5.41) is 2.36. The van der Waals surface area contributed by atoms with Crippen LogP contribution in [-0.2, 0) is 8.85 Å². The van der Waals surface area contributed by atoms with E-state index in [9.17, 15) is 0 Å². The fourth-order valence-electron chi connectivity index (χ4n) is 3.95. The standard InChI is InChI=1S/C28H42O2Si/c1-3-5-7-8-9-10-11-12-13-20-26-30-31(29-25-6-4-2,27-21-16-14-17-22-27)28-23-18-15-19-24-28/h4,14-19,21-24H,2-3,5-13,20,25-26H2,1H3. The van der Waals surface area contributed by atoms with Gasteiger partial charge >= 0.3 is 8.56 Å². The first-order valence-corrected chi connectivity index (χ1v) is 14.1. The third-order valence-corrected chi connectivity index (χ3v) is 9.15. The average Bonchev–Trinajstić information content (AvgIpc) is 2.82. The first-order chi connectivity index (χ1) is 15.3. The lowest BCUT2D eigenvalue weighted by Gasteiger charge is -2.31. The van der Waals surface area contributed by atoms with Gasteiger partial charge in [-0.15, -0.1) is 6.58 Å². The van der Waals surface area contributed by atoms with Crippen LogP contribution in [0.4, 0.5) is 0 Å². The molecule has 31 heavy (non-hydrogen) atoms. The number of hydrogen-bond acceptors (Lipinski definition) is 2. The Morgan fingerprint density at radius 3 is 1.58 bits per heavy atom. The maximum absolute atomic E-state index is 6.70. The lowest BCUT2D eigenvalue weighted by Crippen LogP contribution is -2.63. The predicted octanol–water partition coefficient (Wildman–Crippen LogP) is 6.77. The van der Waals surface area contributed by atoms with Crippen LogP contribution in [0.2, 0.25) is 0 Å². The van der Waals surface area contributed by atoms with Gasteiger partial charge in [0.15, 0.2) is 0 Å². The second kappa shape index (κ2) is 16.0. The lowest BCUT2D eigenvalue weighted by atomic mass is 10.1. The topological polar surface area (TPSA) is 18.5 Å². The van der Waals surface area contributed by atoms with E-state index in [0.29, 0.717) is 6.61 Å². The molecule has 0 aliphatic heterocycles. The molecule has 3 heteroatoms. The Bertz CT molecular complexity index is 647. The number of rotatable bonds is 18. The molecule has 2 aromatic carbocycles. The largest absolute Gasteiger partial charge is 0.407 e. The van der Waals surface area contributed by atoms with Gasteiger partial charge in [0, 0.05) is 13.2 Å². The Balaban J connectivity index is 1.91. The SMILES string of the molecule is C=CCCO[Si](OCCCCCCCCCCCC)(c1ccccc1)c1ccccc1. The van der Waals surface area contributed by atoms with Crippen molar-refractivity contribution in [3.63, 3.8) is 0 Å². The van der Waals surface area contributed by atoms with Crippen molar-refractivity contribution >= 4 is 18.9 Å². The molecule has 0 aliphatic carbocycles. The fraction of sp³-hybridized carbons (Fsp3) is 0.500. The molecular formula is C28H42O2Si. The van der Waals surface area contributed by atoms with E-state index in [1.54, 1.807) is 0 Å². The van der Waals surface area contributed by atoms with Crippen molar-refractivity contribution in [3.8, 4) is 0 Å². The van der Waals surface area contributed by atoms with E-state index >= 15 is 0 Å². The summed E-state index contributed by atoms with van der Waals surface area (Å²) in [6.45, 7) is 7.52. The Labute approximate surface area is 191 Å². The number of hydrogen-bond donors (Lipinski definition) is 0. The van der Waals surface area contributed by atoms with Gasteiger partial charge in [-0.1, -0.05) is 131 Å². The van der Waals surface area contributed by atoms with E-state index < -0.39 is 8.56 Å². The minimum absolute atomic E-state index is 0.636. The van der Waals surface area contributed by atoms with Crippen molar-refractivity contribution < 1.29 is 8.85 Å². The molecule has 0 amide bonds. The first-order valence-electron chi connectivity index (χ1n) is 12.3. The Kier molecular flexibility index (Phi) is 13.2. The van der Waals surface area contributed by atoms with E-state index in [1.807, 2.05) is 6.08 Å². The zero-order valence-corrected chi connectivity index (χ0v) is 20.6. The minimum atomic E-state index is -2.73. The summed E-state index contributed by atoms with van der Waals surface area (Å²) in [6, 6.07) is 21.1. The highest BCUT2D eigenvalue weighted by atomic mass is 28.4. The summed E-state index contributed by atoms with van der Waals surface area (Å²) < 4.78 is 13.3. The van der Waals surface area contributed by atoms with Crippen LogP contribution < -0.4 is 10.4 Å². The first kappa shape index (κ1) is 25.6. The summed E-state index contributed by atoms with van der Waals surface area (Å²) in [5.74, 6) is 0. The van der Waals surface area contributed by atoms with E-state index in [0.717, 1.165) is 19.4 Å². The van der Waals surface area contributed by atoms with Gasteiger partial charge in [-0.2, -0.15) is 0 Å². The van der Waals surface area contributed by atoms with Crippen molar-refractivity contribution in [1.82, 2.24) is 0 Å². The Morgan fingerprint density at radius 1 is 0.645 bits per heavy atom. The molecule has 0 N–H and O–H groups in total. The highest BCUT2D eigenvalue weighted by molar-refractivity contribution is 6.92. The van der Waals surface area contributed by atoms with E-state index in [2.05, 4.69) is 74.2 Å². The third-order valence-electron chi connectivity index (χ3n) is 5.74. The monoisotopic (exact) mass is 438 g/mol. The quantitative estimate of drug-likeness (QED) is 0.145. The lowest BCUT2D eigenvalue weighted by molar-refractivity contribution is 0.190. The normalized spacial score (nSPS) is 11.5. The van der Waals surface area contributed by atoms with Gasteiger partial charge in [-0.05, 0) is 23.2 Å². The molecule has 0 unspecified atom stereocenters. The minimum Gasteiger partial charge on any atom is -0.388 e. The van der Waals surface area contributed by atoms with Gasteiger partial charge in [-0.25, -0.2) is 0 Å². The van der Waals surface area contributed by atoms with Gasteiger partial charge in [-0.3, -0.25) is 0 Å². The van der Waals surface area contributed by atoms with Crippen LogP contribution in [0.5, 0.6) is 0 Å². The van der Waals surface area contributed by atoms with Crippen LogP contribution in [0.1, 0.15) is 77.6 Å². The third kappa shape index (κ3) is 9.14. The molecule has 0 saturated heterocycles. The van der Waals surface area contributed by atoms with E-state index in [1.165, 1.54) is 68.2 Å². The van der Waals surface area contributed by atoms with Gasteiger partial charge in [0.1, 0.15) is 0 Å². The van der Waals surface area contributed by atoms with Gasteiger partial charge in [0.2, 0.25) is 0 Å². The summed E-state index contributed by atoms with van der Waals surface area (Å²) >= 11 is 0. The highest BCUT2D eigenvalue weighted by Gasteiger charge is 2.42. The van der Waals surface area contributed by atoms with Crippen molar-refractivity contribution in [3.05, 3.63) is 73.3 Å². The molecule has 0 radical (unpaired) electrons. The van der Waals surface area contributed by atoms with Crippen LogP contribution >= 0.6 is 0 Å². The molecule has 0 fully saturated rings. The van der Waals surface area contributed by atoms with Crippen LogP contribution in [0.15, 0.2) is 73.3 Å². The van der Waals surface area contributed by atoms with Gasteiger partial charge in [0.25, 0.3) is 0 Å². The van der Waals surface area contributed by atoms with Crippen molar-refractivity contribution in [2.75, 3.05) is 13.2 Å². The van der Waals surface area contributed by atoms with Crippen LogP contribution in [0, 0.1) is 0 Å². The van der Waals surface area contributed by atoms with Crippen molar-refractivity contribution in [1.29, 1.82) is 0 Å². The summed E-state index contributed by atoms with van der Waals surface area (Å²) in [5.41, 5.74) is 0. The van der Waals surface area contributed by atoms with Crippen LogP contribution in [0.3, 0.4) is 0 Å². The number of benzene rings is 2. The molecule has 170 valence electrons. The molecule has 2 nitrogen and oxygen atoms in total. The predicted molar refractivity (Wildman–Crippen MR) is 136 cm³/mol. The van der Waals surface area contributed by atoms with E-state index in [-0.39, 0.29) is 0 Å². The second-order valence-electron chi connectivity index (χ2n) is 8.30. The zero-order chi connectivity index (χ0) is 22.0. The maximum atomic E-state index is 6.70. The average molecular weight is 439 g/mol. The smallest absolute Gasteiger partial charge is 0.388 e. The zero-order valence-electron chi connectivity index (χ0n) is 19.6. The molecule has 0 aromatic heterocycles. The maximum Gasteiger partial charge on any atom is 0.407 e. The van der Waals surface area contributed by atoms with Gasteiger partial charge < -0.3 is 8.85 Å². The second-order valence-corrected chi connectivity index (χ2v) is 11.3. The summed E-state index contributed by atoms with van der Waals surface area (Å²) in [4.78, 5) is 0. The summed E-state index contributed by atoms with van der Waals surface area (Å²) in [7, 11) is -2.73. The highest BCUT2D eigenvalue weighted by Crippen LogP contribution is 2.14. The van der Waals surface area contributed by atoms with Gasteiger partial charge in [0.05, 0.1) is 0 Å². The van der Waals surface area contributed by atoms with E-state index in [4.69, 9.17) is 8.85 Å². The Morgan fingerprint density at radius 2 is 1.10 bits per heavy atom. The van der Waals surface area contributed by atoms with Crippen LogP contribution in [-0.4, -0.2) is 21.8 Å². The molecule has 0 saturated carbocycles. The molecule has 0 heterocycles. The molecule has 0 bridgehead atoms. The van der Waals surface area contributed by atoms with Crippen LogP contribution in [0.25, 0.3) is 0 Å².